The fraction of sp³-hybridized carbons (Fsp3) is 0.667. The van der Waals surface area contributed by atoms with Crippen molar-refractivity contribution in [3.63, 3.8) is 0 Å². The SMILES string of the molecule is CCNC(C)c1ccc(N2CCOCC2CC)nc1. The Kier molecular flexibility index (Phi) is 5.16. The second-order valence-electron chi connectivity index (χ2n) is 5.06. The fourth-order valence-corrected chi connectivity index (χ4v) is 2.54. The Balaban J connectivity index is 2.08. The third-order valence-electron chi connectivity index (χ3n) is 3.77. The second kappa shape index (κ2) is 6.87. The summed E-state index contributed by atoms with van der Waals surface area (Å²) < 4.78 is 5.54. The van der Waals surface area contributed by atoms with E-state index in [9.17, 15) is 0 Å². The highest BCUT2D eigenvalue weighted by Crippen LogP contribution is 2.21. The van der Waals surface area contributed by atoms with Crippen molar-refractivity contribution in [2.45, 2.75) is 39.3 Å². The van der Waals surface area contributed by atoms with E-state index in [1.165, 1.54) is 5.56 Å². The highest BCUT2D eigenvalue weighted by Gasteiger charge is 2.22. The summed E-state index contributed by atoms with van der Waals surface area (Å²) in [6.45, 7) is 10.0. The molecule has 2 rings (SSSR count). The molecule has 4 heteroatoms. The van der Waals surface area contributed by atoms with Crippen LogP contribution in [0.3, 0.4) is 0 Å². The predicted octanol–water partition coefficient (Wildman–Crippen LogP) is 2.37. The molecule has 1 aromatic heterocycles. The van der Waals surface area contributed by atoms with E-state index < -0.39 is 0 Å². The molecule has 1 saturated heterocycles. The topological polar surface area (TPSA) is 37.4 Å². The number of ether oxygens (including phenoxy) is 1. The minimum absolute atomic E-state index is 0.359. The second-order valence-corrected chi connectivity index (χ2v) is 5.06. The van der Waals surface area contributed by atoms with E-state index in [1.54, 1.807) is 0 Å². The highest BCUT2D eigenvalue weighted by atomic mass is 16.5. The van der Waals surface area contributed by atoms with Gasteiger partial charge >= 0.3 is 0 Å². The Morgan fingerprint density at radius 2 is 2.32 bits per heavy atom. The van der Waals surface area contributed by atoms with Crippen LogP contribution in [0.1, 0.15) is 38.8 Å². The molecule has 0 aromatic carbocycles. The van der Waals surface area contributed by atoms with E-state index >= 15 is 0 Å². The van der Waals surface area contributed by atoms with Gasteiger partial charge in [-0.05, 0) is 31.5 Å². The van der Waals surface area contributed by atoms with Crippen LogP contribution in [0.15, 0.2) is 18.3 Å². The van der Waals surface area contributed by atoms with E-state index in [2.05, 4.69) is 48.1 Å². The summed E-state index contributed by atoms with van der Waals surface area (Å²) in [5.74, 6) is 1.07. The number of anilines is 1. The Morgan fingerprint density at radius 1 is 1.47 bits per heavy atom. The lowest BCUT2D eigenvalue weighted by Gasteiger charge is -2.36. The van der Waals surface area contributed by atoms with Crippen LogP contribution in [0.5, 0.6) is 0 Å². The summed E-state index contributed by atoms with van der Waals surface area (Å²) in [6, 6.07) is 5.13. The maximum absolute atomic E-state index is 5.54. The minimum Gasteiger partial charge on any atom is -0.377 e. The maximum Gasteiger partial charge on any atom is 0.128 e. The number of rotatable bonds is 5. The van der Waals surface area contributed by atoms with Gasteiger partial charge in [-0.25, -0.2) is 4.98 Å². The molecule has 0 saturated carbocycles. The Bertz CT molecular complexity index is 379. The van der Waals surface area contributed by atoms with Crippen molar-refractivity contribution in [1.82, 2.24) is 10.3 Å². The summed E-state index contributed by atoms with van der Waals surface area (Å²) in [6.07, 6.45) is 3.09. The van der Waals surface area contributed by atoms with Gasteiger partial charge in [0.05, 0.1) is 19.3 Å². The molecule has 1 aliphatic rings. The normalized spacial score (nSPS) is 21.4. The summed E-state index contributed by atoms with van der Waals surface area (Å²) in [4.78, 5) is 7.00. The lowest BCUT2D eigenvalue weighted by Crippen LogP contribution is -2.45. The van der Waals surface area contributed by atoms with Gasteiger partial charge in [-0.2, -0.15) is 0 Å². The van der Waals surface area contributed by atoms with Gasteiger partial charge < -0.3 is 15.0 Å². The molecule has 0 amide bonds. The van der Waals surface area contributed by atoms with Crippen LogP contribution in [0.4, 0.5) is 5.82 Å². The Morgan fingerprint density at radius 3 is 2.95 bits per heavy atom. The molecule has 0 bridgehead atoms. The van der Waals surface area contributed by atoms with Crippen molar-refractivity contribution in [3.8, 4) is 0 Å². The lowest BCUT2D eigenvalue weighted by atomic mass is 10.1. The van der Waals surface area contributed by atoms with Gasteiger partial charge in [-0.1, -0.05) is 19.9 Å². The van der Waals surface area contributed by atoms with E-state index in [1.807, 2.05) is 6.20 Å². The van der Waals surface area contributed by atoms with Gasteiger partial charge in [0.1, 0.15) is 5.82 Å². The zero-order valence-corrected chi connectivity index (χ0v) is 12.2. The Hall–Kier alpha value is -1.13. The smallest absolute Gasteiger partial charge is 0.128 e. The molecule has 1 aromatic rings. The first-order chi connectivity index (χ1) is 9.26. The molecule has 2 atom stereocenters. The van der Waals surface area contributed by atoms with Crippen molar-refractivity contribution in [3.05, 3.63) is 23.9 Å². The number of nitrogens with one attached hydrogen (secondary N) is 1. The minimum atomic E-state index is 0.359. The third-order valence-corrected chi connectivity index (χ3v) is 3.77. The van der Waals surface area contributed by atoms with Crippen molar-refractivity contribution >= 4 is 5.82 Å². The number of nitrogens with zero attached hydrogens (tertiary/aromatic N) is 2. The number of morpholine rings is 1. The summed E-state index contributed by atoms with van der Waals surface area (Å²) in [5.41, 5.74) is 1.24. The monoisotopic (exact) mass is 263 g/mol. The van der Waals surface area contributed by atoms with E-state index in [4.69, 9.17) is 4.74 Å². The van der Waals surface area contributed by atoms with Crippen molar-refractivity contribution in [2.75, 3.05) is 31.2 Å². The lowest BCUT2D eigenvalue weighted by molar-refractivity contribution is 0.0925. The van der Waals surface area contributed by atoms with Crippen molar-refractivity contribution in [2.24, 2.45) is 0 Å². The zero-order chi connectivity index (χ0) is 13.7. The van der Waals surface area contributed by atoms with Crippen LogP contribution in [0.2, 0.25) is 0 Å². The largest absolute Gasteiger partial charge is 0.377 e. The molecule has 1 N–H and O–H groups in total. The van der Waals surface area contributed by atoms with Gasteiger partial charge in [0.25, 0.3) is 0 Å². The predicted molar refractivity (Wildman–Crippen MR) is 78.6 cm³/mol. The quantitative estimate of drug-likeness (QED) is 0.885. The van der Waals surface area contributed by atoms with Gasteiger partial charge in [0, 0.05) is 18.8 Å². The van der Waals surface area contributed by atoms with Crippen LogP contribution < -0.4 is 10.2 Å². The fourth-order valence-electron chi connectivity index (χ4n) is 2.54. The van der Waals surface area contributed by atoms with Crippen molar-refractivity contribution < 1.29 is 4.74 Å². The number of hydrogen-bond acceptors (Lipinski definition) is 4. The number of hydrogen-bond donors (Lipinski definition) is 1. The zero-order valence-electron chi connectivity index (χ0n) is 12.2. The first-order valence-electron chi connectivity index (χ1n) is 7.30. The summed E-state index contributed by atoms with van der Waals surface area (Å²) in [7, 11) is 0. The molecule has 2 heterocycles. The standard InChI is InChI=1S/C15H25N3O/c1-4-14-11-19-9-8-18(14)15-7-6-13(10-17-15)12(3)16-5-2/h6-7,10,12,14,16H,4-5,8-9,11H2,1-3H3. The van der Waals surface area contributed by atoms with Crippen LogP contribution in [0.25, 0.3) is 0 Å². The van der Waals surface area contributed by atoms with E-state index in [0.717, 1.165) is 38.5 Å². The summed E-state index contributed by atoms with van der Waals surface area (Å²) in [5, 5.41) is 3.41. The molecule has 19 heavy (non-hydrogen) atoms. The van der Waals surface area contributed by atoms with Gasteiger partial charge in [0.2, 0.25) is 0 Å². The maximum atomic E-state index is 5.54. The molecule has 0 radical (unpaired) electrons. The molecule has 0 spiro atoms. The van der Waals surface area contributed by atoms with E-state index in [0.29, 0.717) is 12.1 Å². The van der Waals surface area contributed by atoms with E-state index in [-0.39, 0.29) is 0 Å². The third kappa shape index (κ3) is 3.45. The molecular weight excluding hydrogens is 238 g/mol. The molecule has 2 unspecified atom stereocenters. The number of pyridine rings is 1. The van der Waals surface area contributed by atoms with Crippen LogP contribution >= 0.6 is 0 Å². The average molecular weight is 263 g/mol. The molecular formula is C15H25N3O. The van der Waals surface area contributed by atoms with Gasteiger partial charge in [-0.3, -0.25) is 0 Å². The molecule has 1 fully saturated rings. The summed E-state index contributed by atoms with van der Waals surface area (Å²) >= 11 is 0. The van der Waals surface area contributed by atoms with Gasteiger partial charge in [-0.15, -0.1) is 0 Å². The van der Waals surface area contributed by atoms with Crippen LogP contribution in [-0.4, -0.2) is 37.3 Å². The highest BCUT2D eigenvalue weighted by molar-refractivity contribution is 5.41. The average Bonchev–Trinajstić information content (AvgIpc) is 2.47. The van der Waals surface area contributed by atoms with Crippen LogP contribution in [0, 0.1) is 0 Å². The molecule has 106 valence electrons. The number of aromatic nitrogens is 1. The molecule has 0 aliphatic carbocycles. The van der Waals surface area contributed by atoms with Crippen LogP contribution in [-0.2, 0) is 4.74 Å². The first kappa shape index (κ1) is 14.3. The molecule has 1 aliphatic heterocycles. The first-order valence-corrected chi connectivity index (χ1v) is 7.30. The van der Waals surface area contributed by atoms with Crippen molar-refractivity contribution in [1.29, 1.82) is 0 Å². The Labute approximate surface area is 116 Å². The molecule has 4 nitrogen and oxygen atoms in total. The van der Waals surface area contributed by atoms with Gasteiger partial charge in [0.15, 0.2) is 0 Å².